The number of amides is 1. The average molecular weight is 486 g/mol. The molecule has 0 spiro atoms. The van der Waals surface area contributed by atoms with Gasteiger partial charge in [0.25, 0.3) is 15.7 Å². The van der Waals surface area contributed by atoms with E-state index in [4.69, 9.17) is 0 Å². The van der Waals surface area contributed by atoms with Gasteiger partial charge in [-0.25, -0.2) is 8.42 Å². The van der Waals surface area contributed by atoms with E-state index in [-0.39, 0.29) is 22.2 Å². The lowest BCUT2D eigenvalue weighted by Gasteiger charge is -2.11. The minimum Gasteiger partial charge on any atom is -0.325 e. The average Bonchev–Trinajstić information content (AvgIpc) is 2.77. The number of nitrogens with one attached hydrogen (secondary N) is 2. The molecule has 1 amide bonds. The maximum absolute atomic E-state index is 12.6. The zero-order valence-corrected chi connectivity index (χ0v) is 19.7. The predicted molar refractivity (Wildman–Crippen MR) is 131 cm³/mol. The molecule has 0 aliphatic carbocycles. The molecule has 33 heavy (non-hydrogen) atoms. The van der Waals surface area contributed by atoms with Gasteiger partial charge in [0.1, 0.15) is 0 Å². The molecule has 0 aliphatic heterocycles. The molecule has 2 N–H and O–H groups in total. The molecule has 0 bridgehead atoms. The van der Waals surface area contributed by atoms with Crippen LogP contribution in [0.2, 0.25) is 0 Å². The number of sulfonamides is 1. The van der Waals surface area contributed by atoms with Gasteiger partial charge in [-0.15, -0.1) is 11.8 Å². The molecule has 0 saturated carbocycles. The van der Waals surface area contributed by atoms with Crippen LogP contribution in [-0.4, -0.2) is 25.0 Å². The number of thioether (sulfide) groups is 1. The molecule has 3 rings (SSSR count). The van der Waals surface area contributed by atoms with Crippen LogP contribution in [0.15, 0.2) is 71.6 Å². The van der Waals surface area contributed by atoms with Crippen molar-refractivity contribution in [3.05, 3.63) is 93.5 Å². The second-order valence-electron chi connectivity index (χ2n) is 7.39. The molecule has 0 heterocycles. The Kier molecular flexibility index (Phi) is 7.72. The highest BCUT2D eigenvalue weighted by Crippen LogP contribution is 2.21. The van der Waals surface area contributed by atoms with Gasteiger partial charge < -0.3 is 5.32 Å². The molecule has 0 fully saturated rings. The molecule has 0 aliphatic rings. The van der Waals surface area contributed by atoms with Crippen molar-refractivity contribution in [3.8, 4) is 0 Å². The number of aryl methyl sites for hydroxylation is 2. The summed E-state index contributed by atoms with van der Waals surface area (Å²) >= 11 is 1.37. The predicted octanol–water partition coefficient (Wildman–Crippen LogP) is 4.88. The first kappa shape index (κ1) is 24.3. The van der Waals surface area contributed by atoms with Crippen LogP contribution < -0.4 is 10.0 Å². The lowest BCUT2D eigenvalue weighted by atomic mass is 10.1. The van der Waals surface area contributed by atoms with Gasteiger partial charge in [0.2, 0.25) is 5.91 Å². The first-order valence-corrected chi connectivity index (χ1v) is 12.6. The van der Waals surface area contributed by atoms with E-state index in [1.165, 1.54) is 48.2 Å². The summed E-state index contributed by atoms with van der Waals surface area (Å²) < 4.78 is 27.8. The number of carbonyl (C=O) groups excluding carboxylic acids is 1. The summed E-state index contributed by atoms with van der Waals surface area (Å²) in [6.45, 7) is 3.86. The van der Waals surface area contributed by atoms with Crippen molar-refractivity contribution >= 4 is 44.8 Å². The van der Waals surface area contributed by atoms with E-state index in [9.17, 15) is 23.3 Å². The monoisotopic (exact) mass is 485 g/mol. The van der Waals surface area contributed by atoms with Crippen molar-refractivity contribution in [3.63, 3.8) is 0 Å². The van der Waals surface area contributed by atoms with E-state index in [2.05, 4.69) is 10.0 Å². The van der Waals surface area contributed by atoms with Gasteiger partial charge in [-0.1, -0.05) is 18.2 Å². The Bertz CT molecular complexity index is 1260. The lowest BCUT2D eigenvalue weighted by molar-refractivity contribution is -0.384. The fourth-order valence-electron chi connectivity index (χ4n) is 2.91. The summed E-state index contributed by atoms with van der Waals surface area (Å²) in [4.78, 5) is 22.5. The molecule has 3 aromatic rings. The third-order valence-electron chi connectivity index (χ3n) is 4.86. The number of nitro benzene ring substituents is 1. The Morgan fingerprint density at radius 1 is 0.939 bits per heavy atom. The van der Waals surface area contributed by atoms with Gasteiger partial charge >= 0.3 is 0 Å². The van der Waals surface area contributed by atoms with E-state index in [0.717, 1.165) is 16.7 Å². The van der Waals surface area contributed by atoms with Crippen LogP contribution in [0.1, 0.15) is 16.7 Å². The van der Waals surface area contributed by atoms with Gasteiger partial charge in [-0.05, 0) is 66.9 Å². The summed E-state index contributed by atoms with van der Waals surface area (Å²) in [6, 6.07) is 17.5. The third-order valence-corrected chi connectivity index (χ3v) is 7.26. The Morgan fingerprint density at radius 2 is 1.58 bits per heavy atom. The van der Waals surface area contributed by atoms with E-state index < -0.39 is 14.9 Å². The highest BCUT2D eigenvalue weighted by molar-refractivity contribution is 7.99. The molecule has 3 aromatic carbocycles. The number of carbonyl (C=O) groups is 1. The van der Waals surface area contributed by atoms with Crippen molar-refractivity contribution in [2.24, 2.45) is 0 Å². The molecule has 10 heteroatoms. The van der Waals surface area contributed by atoms with Crippen LogP contribution in [0.4, 0.5) is 17.1 Å². The van der Waals surface area contributed by atoms with E-state index in [1.807, 2.05) is 19.9 Å². The number of non-ortho nitro benzene ring substituents is 1. The zero-order valence-electron chi connectivity index (χ0n) is 18.1. The number of hydrogen-bond acceptors (Lipinski definition) is 6. The van der Waals surface area contributed by atoms with Crippen LogP contribution in [0.25, 0.3) is 0 Å². The maximum Gasteiger partial charge on any atom is 0.269 e. The maximum atomic E-state index is 12.6. The molecule has 0 unspecified atom stereocenters. The Hall–Kier alpha value is -3.37. The van der Waals surface area contributed by atoms with Gasteiger partial charge in [0, 0.05) is 29.3 Å². The lowest BCUT2D eigenvalue weighted by Crippen LogP contribution is -2.15. The second-order valence-corrected chi connectivity index (χ2v) is 10.1. The fourth-order valence-corrected chi connectivity index (χ4v) is 4.75. The smallest absolute Gasteiger partial charge is 0.269 e. The summed E-state index contributed by atoms with van der Waals surface area (Å²) in [7, 11) is -3.75. The molecule has 8 nitrogen and oxygen atoms in total. The number of benzene rings is 3. The Balaban J connectivity index is 1.52. The van der Waals surface area contributed by atoms with Gasteiger partial charge in [0.15, 0.2) is 0 Å². The number of hydrogen-bond donors (Lipinski definition) is 2. The van der Waals surface area contributed by atoms with Crippen LogP contribution in [-0.2, 0) is 20.6 Å². The molecule has 0 aromatic heterocycles. The van der Waals surface area contributed by atoms with Crippen LogP contribution in [0.5, 0.6) is 0 Å². The van der Waals surface area contributed by atoms with Crippen molar-refractivity contribution in [2.75, 3.05) is 15.8 Å². The SMILES string of the molecule is Cc1ccc(NS(=O)(=O)c2ccc(NC(=O)CSCc3ccc([N+](=O)[O-])cc3)cc2)cc1C. The van der Waals surface area contributed by atoms with Gasteiger partial charge in [0.05, 0.1) is 15.6 Å². The highest BCUT2D eigenvalue weighted by atomic mass is 32.2. The second kappa shape index (κ2) is 10.5. The van der Waals surface area contributed by atoms with Crippen LogP contribution >= 0.6 is 11.8 Å². The number of rotatable bonds is 9. The van der Waals surface area contributed by atoms with Crippen molar-refractivity contribution in [1.29, 1.82) is 0 Å². The largest absolute Gasteiger partial charge is 0.325 e. The summed E-state index contributed by atoms with van der Waals surface area (Å²) in [5.74, 6) is 0.490. The molecule has 0 atom stereocenters. The number of nitrogens with zero attached hydrogens (tertiary/aromatic N) is 1. The molecular weight excluding hydrogens is 462 g/mol. The topological polar surface area (TPSA) is 118 Å². The van der Waals surface area contributed by atoms with E-state index in [1.54, 1.807) is 24.3 Å². The van der Waals surface area contributed by atoms with Crippen LogP contribution in [0, 0.1) is 24.0 Å². The van der Waals surface area contributed by atoms with E-state index in [0.29, 0.717) is 17.1 Å². The van der Waals surface area contributed by atoms with Crippen molar-refractivity contribution in [2.45, 2.75) is 24.5 Å². The quantitative estimate of drug-likeness (QED) is 0.329. The van der Waals surface area contributed by atoms with Gasteiger partial charge in [-0.3, -0.25) is 19.6 Å². The van der Waals surface area contributed by atoms with E-state index >= 15 is 0 Å². The first-order chi connectivity index (χ1) is 15.6. The molecular formula is C23H23N3O5S2. The number of anilines is 2. The van der Waals surface area contributed by atoms with Gasteiger partial charge in [-0.2, -0.15) is 0 Å². The minimum absolute atomic E-state index is 0.0242. The molecule has 0 saturated heterocycles. The summed E-state index contributed by atoms with van der Waals surface area (Å²) in [5.41, 5.74) is 3.94. The summed E-state index contributed by atoms with van der Waals surface area (Å²) in [6.07, 6.45) is 0. The summed E-state index contributed by atoms with van der Waals surface area (Å²) in [5, 5.41) is 13.4. The van der Waals surface area contributed by atoms with Crippen LogP contribution in [0.3, 0.4) is 0 Å². The first-order valence-electron chi connectivity index (χ1n) is 9.95. The normalized spacial score (nSPS) is 11.1. The zero-order chi connectivity index (χ0) is 24.0. The highest BCUT2D eigenvalue weighted by Gasteiger charge is 2.15. The minimum atomic E-state index is -3.75. The molecule has 172 valence electrons. The Labute approximate surface area is 196 Å². The van der Waals surface area contributed by atoms with Crippen molar-refractivity contribution in [1.82, 2.24) is 0 Å². The van der Waals surface area contributed by atoms with Crippen molar-refractivity contribution < 1.29 is 18.1 Å². The standard InChI is InChI=1S/C23H23N3O5S2/c1-16-3-6-20(13-17(16)2)25-33(30,31)22-11-7-19(8-12-22)24-23(27)15-32-14-18-4-9-21(10-5-18)26(28)29/h3-13,25H,14-15H2,1-2H3,(H,24,27). The molecule has 0 radical (unpaired) electrons. The third kappa shape index (κ3) is 6.80. The number of nitro groups is 1. The fraction of sp³-hybridized carbons (Fsp3) is 0.174. The Morgan fingerprint density at radius 3 is 2.18 bits per heavy atom.